The van der Waals surface area contributed by atoms with Crippen LogP contribution in [0.25, 0.3) is 44.2 Å². The molecule has 1 aromatic heterocycles. The summed E-state index contributed by atoms with van der Waals surface area (Å²) in [5, 5.41) is 2.36. The summed E-state index contributed by atoms with van der Waals surface area (Å²) in [4.78, 5) is 2.44. The van der Waals surface area contributed by atoms with Gasteiger partial charge in [-0.25, -0.2) is 0 Å². The molecule has 9 rings (SSSR count). The fourth-order valence-corrected chi connectivity index (χ4v) is 9.78. The van der Waals surface area contributed by atoms with E-state index in [4.69, 9.17) is 4.42 Å². The third-order valence-electron chi connectivity index (χ3n) is 13.0. The van der Waals surface area contributed by atoms with E-state index in [0.717, 1.165) is 59.4 Å². The van der Waals surface area contributed by atoms with E-state index in [1.807, 2.05) is 12.2 Å². The van der Waals surface area contributed by atoms with Gasteiger partial charge < -0.3 is 9.32 Å². The third-order valence-corrected chi connectivity index (χ3v) is 13.0. The highest BCUT2D eigenvalue weighted by molar-refractivity contribution is 6.13. The summed E-state index contributed by atoms with van der Waals surface area (Å²) in [6.45, 7) is 15.3. The molecule has 1 heterocycles. The minimum absolute atomic E-state index is 0.0362. The molecule has 60 heavy (non-hydrogen) atoms. The standard InChI is InChI=1S/C58H55NO/c1-7-9-20-41(8-2)47-36-38-54(40(4)19-14-13-18-39(47)3)59(45-31-27-43(28-32-45)42-21-11-10-12-22-42)46-33-29-44(30-34-46)48-24-17-25-49-50-35-37-53-55(57(50)60-56(48)49)51-23-15-16-26-52(51)58(53,5)6/h7-11,13-14,16-21,24-40H,1,12,15,22-23H2,2-6H3/b18-13-,19-14-,20-9-,41-8+,47-36+,54-38+. The molecule has 0 saturated heterocycles. The van der Waals surface area contributed by atoms with Crippen molar-refractivity contribution in [3.8, 4) is 11.1 Å². The van der Waals surface area contributed by atoms with Gasteiger partial charge in [0.1, 0.15) is 11.2 Å². The molecule has 2 heteroatoms. The number of fused-ring (bicyclic) bond motifs is 6. The molecular formula is C58H55NO. The van der Waals surface area contributed by atoms with E-state index in [1.165, 1.54) is 61.0 Å². The quantitative estimate of drug-likeness (QED) is 0.146. The highest BCUT2D eigenvalue weighted by atomic mass is 16.3. The molecule has 2 unspecified atom stereocenters. The maximum Gasteiger partial charge on any atom is 0.143 e. The molecule has 5 aromatic rings. The summed E-state index contributed by atoms with van der Waals surface area (Å²) in [6, 6.07) is 29.5. The SMILES string of the molecule is C=C\C=C/C(=C\C)C1=C/C=C(/N(c2ccc(C3=CC=CCC3)cc2)c2ccc(-c3cccc4c3oc3c5c(ccc34)C(C)(C)C3=C5CCC=C3)cc2)C(C)/C=C\C=C/C\1C. The zero-order chi connectivity index (χ0) is 41.4. The van der Waals surface area contributed by atoms with Gasteiger partial charge in [-0.2, -0.15) is 0 Å². The average Bonchev–Trinajstić information content (AvgIpc) is 3.78. The normalized spacial score (nSPS) is 22.8. The highest BCUT2D eigenvalue weighted by Crippen LogP contribution is 2.53. The smallest absolute Gasteiger partial charge is 0.143 e. The lowest BCUT2D eigenvalue weighted by Crippen LogP contribution is -2.21. The molecule has 0 spiro atoms. The number of allylic oxidation sites excluding steroid dienone is 20. The maximum atomic E-state index is 7.04. The monoisotopic (exact) mass is 781 g/mol. The Morgan fingerprint density at radius 2 is 1.47 bits per heavy atom. The van der Waals surface area contributed by atoms with Crippen molar-refractivity contribution >= 4 is 44.5 Å². The van der Waals surface area contributed by atoms with E-state index in [-0.39, 0.29) is 17.3 Å². The van der Waals surface area contributed by atoms with Crippen molar-refractivity contribution in [1.29, 1.82) is 0 Å². The molecule has 4 aliphatic carbocycles. The number of benzene rings is 4. The number of rotatable bonds is 8. The van der Waals surface area contributed by atoms with Gasteiger partial charge >= 0.3 is 0 Å². The van der Waals surface area contributed by atoms with Crippen molar-refractivity contribution in [3.05, 3.63) is 216 Å². The van der Waals surface area contributed by atoms with Crippen LogP contribution in [0, 0.1) is 11.8 Å². The van der Waals surface area contributed by atoms with Crippen molar-refractivity contribution < 1.29 is 4.42 Å². The molecule has 0 N–H and O–H groups in total. The minimum atomic E-state index is -0.0362. The molecule has 2 nitrogen and oxygen atoms in total. The van der Waals surface area contributed by atoms with E-state index in [2.05, 4.69) is 204 Å². The lowest BCUT2D eigenvalue weighted by molar-refractivity contribution is 0.644. The molecule has 4 aromatic carbocycles. The van der Waals surface area contributed by atoms with Crippen LogP contribution in [-0.4, -0.2) is 0 Å². The number of para-hydroxylation sites is 1. The molecule has 0 radical (unpaired) electrons. The van der Waals surface area contributed by atoms with Crippen molar-refractivity contribution in [2.45, 2.75) is 65.7 Å². The first kappa shape index (κ1) is 39.1. The predicted molar refractivity (Wildman–Crippen MR) is 258 cm³/mol. The Morgan fingerprint density at radius 1 is 0.750 bits per heavy atom. The Labute approximate surface area is 356 Å². The van der Waals surface area contributed by atoms with Crippen molar-refractivity contribution in [2.75, 3.05) is 4.90 Å². The van der Waals surface area contributed by atoms with E-state index < -0.39 is 0 Å². The van der Waals surface area contributed by atoms with Crippen LogP contribution < -0.4 is 4.90 Å². The van der Waals surface area contributed by atoms with Crippen LogP contribution >= 0.6 is 0 Å². The summed E-state index contributed by atoms with van der Waals surface area (Å²) in [7, 11) is 0. The average molecular weight is 782 g/mol. The first-order chi connectivity index (χ1) is 29.3. The summed E-state index contributed by atoms with van der Waals surface area (Å²) in [5.41, 5.74) is 18.3. The highest BCUT2D eigenvalue weighted by Gasteiger charge is 2.39. The van der Waals surface area contributed by atoms with Gasteiger partial charge in [0.25, 0.3) is 0 Å². The Hall–Kier alpha value is -6.38. The lowest BCUT2D eigenvalue weighted by Gasteiger charge is -2.31. The Balaban J connectivity index is 1.17. The molecule has 0 saturated carbocycles. The second-order valence-electron chi connectivity index (χ2n) is 17.1. The van der Waals surface area contributed by atoms with Crippen LogP contribution in [0.15, 0.2) is 203 Å². The van der Waals surface area contributed by atoms with Crippen LogP contribution in [0.2, 0.25) is 0 Å². The fourth-order valence-electron chi connectivity index (χ4n) is 9.78. The van der Waals surface area contributed by atoms with E-state index >= 15 is 0 Å². The van der Waals surface area contributed by atoms with E-state index in [0.29, 0.717) is 0 Å². The number of hydrogen-bond acceptors (Lipinski definition) is 2. The van der Waals surface area contributed by atoms with Gasteiger partial charge in [-0.1, -0.05) is 174 Å². The molecule has 0 aliphatic heterocycles. The number of hydrogen-bond donors (Lipinski definition) is 0. The number of anilines is 2. The number of nitrogens with zero attached hydrogens (tertiary/aromatic N) is 1. The van der Waals surface area contributed by atoms with Gasteiger partial charge in [0, 0.05) is 50.3 Å². The summed E-state index contributed by atoms with van der Waals surface area (Å²) < 4.78 is 7.04. The lowest BCUT2D eigenvalue weighted by atomic mass is 9.80. The maximum absolute atomic E-state index is 7.04. The molecule has 0 bridgehead atoms. The molecule has 2 atom stereocenters. The van der Waals surface area contributed by atoms with E-state index in [9.17, 15) is 0 Å². The van der Waals surface area contributed by atoms with Crippen LogP contribution in [0.1, 0.15) is 77.0 Å². The Kier molecular flexibility index (Phi) is 10.7. The van der Waals surface area contributed by atoms with Gasteiger partial charge in [-0.3, -0.25) is 0 Å². The van der Waals surface area contributed by atoms with Crippen LogP contribution in [0.5, 0.6) is 0 Å². The second kappa shape index (κ2) is 16.3. The van der Waals surface area contributed by atoms with E-state index in [1.54, 1.807) is 0 Å². The molecule has 4 aliphatic rings. The first-order valence-corrected chi connectivity index (χ1v) is 21.8. The summed E-state index contributed by atoms with van der Waals surface area (Å²) >= 11 is 0. The molecular weight excluding hydrogens is 727 g/mol. The molecule has 0 fully saturated rings. The van der Waals surface area contributed by atoms with Gasteiger partial charge in [0.2, 0.25) is 0 Å². The van der Waals surface area contributed by atoms with Crippen molar-refractivity contribution in [2.24, 2.45) is 11.8 Å². The van der Waals surface area contributed by atoms with Gasteiger partial charge in [-0.15, -0.1) is 0 Å². The predicted octanol–water partition coefficient (Wildman–Crippen LogP) is 16.4. The fraction of sp³-hybridized carbons (Fsp3) is 0.207. The van der Waals surface area contributed by atoms with Gasteiger partial charge in [-0.05, 0) is 113 Å². The summed E-state index contributed by atoms with van der Waals surface area (Å²) in [6.07, 6.45) is 37.5. The zero-order valence-corrected chi connectivity index (χ0v) is 35.7. The molecule has 0 amide bonds. The largest absolute Gasteiger partial charge is 0.455 e. The topological polar surface area (TPSA) is 16.4 Å². The van der Waals surface area contributed by atoms with Gasteiger partial charge in [0.15, 0.2) is 0 Å². The minimum Gasteiger partial charge on any atom is -0.455 e. The number of furan rings is 1. The van der Waals surface area contributed by atoms with Crippen LogP contribution in [0.3, 0.4) is 0 Å². The van der Waals surface area contributed by atoms with Crippen LogP contribution in [0.4, 0.5) is 11.4 Å². The second-order valence-corrected chi connectivity index (χ2v) is 17.1. The third kappa shape index (κ3) is 6.98. The first-order valence-electron chi connectivity index (χ1n) is 21.8. The van der Waals surface area contributed by atoms with Gasteiger partial charge in [0.05, 0.1) is 0 Å². The summed E-state index contributed by atoms with van der Waals surface area (Å²) in [5.74, 6) is 0.341. The molecule has 298 valence electrons. The van der Waals surface area contributed by atoms with Crippen molar-refractivity contribution in [3.63, 3.8) is 0 Å². The zero-order valence-electron chi connectivity index (χ0n) is 35.7. The van der Waals surface area contributed by atoms with Crippen LogP contribution in [-0.2, 0) is 5.41 Å². The van der Waals surface area contributed by atoms with Crippen molar-refractivity contribution in [1.82, 2.24) is 0 Å². The Morgan fingerprint density at radius 3 is 2.18 bits per heavy atom. The Bertz CT molecular complexity index is 2810.